The average molecular weight is 186 g/mol. The summed E-state index contributed by atoms with van der Waals surface area (Å²) in [5.41, 5.74) is 2.70. The van der Waals surface area contributed by atoms with Crippen molar-refractivity contribution < 1.29 is 0 Å². The molecular formula is C14H18. The molecule has 0 heteroatoms. The van der Waals surface area contributed by atoms with Crippen LogP contribution in [0.2, 0.25) is 0 Å². The molecular weight excluding hydrogens is 168 g/mol. The second-order valence-electron chi connectivity index (χ2n) is 3.77. The van der Waals surface area contributed by atoms with Gasteiger partial charge in [0.1, 0.15) is 0 Å². The van der Waals surface area contributed by atoms with E-state index in [4.69, 9.17) is 0 Å². The molecule has 1 aromatic carbocycles. The number of benzene rings is 1. The lowest BCUT2D eigenvalue weighted by Crippen LogP contribution is -1.96. The molecule has 0 saturated carbocycles. The first kappa shape index (κ1) is 10.9. The molecule has 0 spiro atoms. The minimum atomic E-state index is 0.470. The Labute approximate surface area is 87.4 Å². The van der Waals surface area contributed by atoms with E-state index >= 15 is 0 Å². The SMILES string of the molecule is CCC#CC(C)Cc1ccc(C)cc1. The van der Waals surface area contributed by atoms with Crippen LogP contribution in [0.15, 0.2) is 24.3 Å². The van der Waals surface area contributed by atoms with Gasteiger partial charge in [-0.25, -0.2) is 0 Å². The van der Waals surface area contributed by atoms with E-state index in [2.05, 4.69) is 56.9 Å². The lowest BCUT2D eigenvalue weighted by atomic mass is 10.0. The van der Waals surface area contributed by atoms with Crippen LogP contribution in [0.1, 0.15) is 31.4 Å². The zero-order chi connectivity index (χ0) is 10.4. The van der Waals surface area contributed by atoms with E-state index in [1.807, 2.05) is 0 Å². The van der Waals surface area contributed by atoms with Crippen molar-refractivity contribution in [1.29, 1.82) is 0 Å². The van der Waals surface area contributed by atoms with Crippen LogP contribution in [0.3, 0.4) is 0 Å². The van der Waals surface area contributed by atoms with Crippen LogP contribution in [0.5, 0.6) is 0 Å². The topological polar surface area (TPSA) is 0 Å². The second-order valence-corrected chi connectivity index (χ2v) is 3.77. The van der Waals surface area contributed by atoms with Crippen molar-refractivity contribution in [1.82, 2.24) is 0 Å². The van der Waals surface area contributed by atoms with Crippen molar-refractivity contribution >= 4 is 0 Å². The van der Waals surface area contributed by atoms with Gasteiger partial charge >= 0.3 is 0 Å². The molecule has 74 valence electrons. The Morgan fingerprint density at radius 3 is 2.43 bits per heavy atom. The summed E-state index contributed by atoms with van der Waals surface area (Å²) in [5, 5.41) is 0. The summed E-state index contributed by atoms with van der Waals surface area (Å²) in [6.07, 6.45) is 2.02. The molecule has 0 aromatic heterocycles. The molecule has 0 N–H and O–H groups in total. The van der Waals surface area contributed by atoms with Gasteiger partial charge in [-0.05, 0) is 18.9 Å². The highest BCUT2D eigenvalue weighted by atomic mass is 14.0. The van der Waals surface area contributed by atoms with E-state index in [0.29, 0.717) is 5.92 Å². The first-order chi connectivity index (χ1) is 6.72. The molecule has 1 aromatic rings. The van der Waals surface area contributed by atoms with Crippen molar-refractivity contribution in [2.24, 2.45) is 5.92 Å². The minimum absolute atomic E-state index is 0.470. The Kier molecular flexibility index (Phi) is 4.26. The van der Waals surface area contributed by atoms with Crippen LogP contribution in [-0.2, 0) is 6.42 Å². The third-order valence-corrected chi connectivity index (χ3v) is 2.19. The van der Waals surface area contributed by atoms with Crippen LogP contribution >= 0.6 is 0 Å². The minimum Gasteiger partial charge on any atom is -0.103 e. The van der Waals surface area contributed by atoms with Crippen molar-refractivity contribution in [3.05, 3.63) is 35.4 Å². The number of hydrogen-bond donors (Lipinski definition) is 0. The summed E-state index contributed by atoms with van der Waals surface area (Å²) in [7, 11) is 0. The zero-order valence-corrected chi connectivity index (χ0v) is 9.30. The van der Waals surface area contributed by atoms with E-state index in [1.165, 1.54) is 11.1 Å². The maximum atomic E-state index is 3.25. The van der Waals surface area contributed by atoms with Crippen molar-refractivity contribution in [2.75, 3.05) is 0 Å². The standard InChI is InChI=1S/C14H18/c1-4-5-6-13(3)11-14-9-7-12(2)8-10-14/h7-10,13H,4,11H2,1-3H3. The summed E-state index contributed by atoms with van der Waals surface area (Å²) in [6, 6.07) is 8.71. The summed E-state index contributed by atoms with van der Waals surface area (Å²) < 4.78 is 0. The molecule has 0 bridgehead atoms. The largest absolute Gasteiger partial charge is 0.103 e. The Morgan fingerprint density at radius 2 is 1.86 bits per heavy atom. The highest BCUT2D eigenvalue weighted by molar-refractivity contribution is 5.22. The highest BCUT2D eigenvalue weighted by Gasteiger charge is 1.98. The molecule has 0 saturated heterocycles. The van der Waals surface area contributed by atoms with Gasteiger partial charge in [-0.15, -0.1) is 5.92 Å². The molecule has 14 heavy (non-hydrogen) atoms. The van der Waals surface area contributed by atoms with Gasteiger partial charge in [-0.3, -0.25) is 0 Å². The van der Waals surface area contributed by atoms with Gasteiger partial charge < -0.3 is 0 Å². The third-order valence-electron chi connectivity index (χ3n) is 2.19. The first-order valence-corrected chi connectivity index (χ1v) is 5.26. The zero-order valence-electron chi connectivity index (χ0n) is 9.30. The molecule has 0 heterocycles. The summed E-state index contributed by atoms with van der Waals surface area (Å²) >= 11 is 0. The van der Waals surface area contributed by atoms with Gasteiger partial charge in [0.05, 0.1) is 0 Å². The van der Waals surface area contributed by atoms with Gasteiger partial charge in [-0.2, -0.15) is 0 Å². The van der Waals surface area contributed by atoms with Gasteiger partial charge in [-0.1, -0.05) is 49.6 Å². The van der Waals surface area contributed by atoms with Gasteiger partial charge in [0.2, 0.25) is 0 Å². The first-order valence-electron chi connectivity index (χ1n) is 5.26. The molecule has 1 rings (SSSR count). The molecule has 0 aliphatic rings. The van der Waals surface area contributed by atoms with Crippen LogP contribution in [0.25, 0.3) is 0 Å². The van der Waals surface area contributed by atoms with Gasteiger partial charge in [0.25, 0.3) is 0 Å². The van der Waals surface area contributed by atoms with Crippen molar-refractivity contribution in [2.45, 2.75) is 33.6 Å². The Bertz CT molecular complexity index is 321. The predicted molar refractivity (Wildman–Crippen MR) is 62.1 cm³/mol. The maximum absolute atomic E-state index is 3.25. The number of rotatable bonds is 2. The molecule has 0 radical (unpaired) electrons. The fourth-order valence-corrected chi connectivity index (χ4v) is 1.41. The fourth-order valence-electron chi connectivity index (χ4n) is 1.41. The lowest BCUT2D eigenvalue weighted by Gasteiger charge is -2.04. The Morgan fingerprint density at radius 1 is 1.21 bits per heavy atom. The smallest absolute Gasteiger partial charge is 0.0214 e. The number of hydrogen-bond acceptors (Lipinski definition) is 0. The van der Waals surface area contributed by atoms with E-state index in [0.717, 1.165) is 12.8 Å². The average Bonchev–Trinajstić information content (AvgIpc) is 2.18. The predicted octanol–water partition coefficient (Wildman–Crippen LogP) is 3.59. The molecule has 1 unspecified atom stereocenters. The van der Waals surface area contributed by atoms with Crippen LogP contribution in [0, 0.1) is 24.7 Å². The summed E-state index contributed by atoms with van der Waals surface area (Å²) in [6.45, 7) is 6.39. The quantitative estimate of drug-likeness (QED) is 0.619. The molecule has 0 nitrogen and oxygen atoms in total. The van der Waals surface area contributed by atoms with Crippen LogP contribution < -0.4 is 0 Å². The monoisotopic (exact) mass is 186 g/mol. The van der Waals surface area contributed by atoms with E-state index in [9.17, 15) is 0 Å². The third kappa shape index (κ3) is 3.66. The summed E-state index contributed by atoms with van der Waals surface area (Å²) in [5.74, 6) is 6.85. The number of aryl methyl sites for hydroxylation is 1. The Balaban J connectivity index is 2.56. The highest BCUT2D eigenvalue weighted by Crippen LogP contribution is 2.09. The van der Waals surface area contributed by atoms with Crippen molar-refractivity contribution in [3.8, 4) is 11.8 Å². The maximum Gasteiger partial charge on any atom is 0.0214 e. The van der Waals surface area contributed by atoms with E-state index in [1.54, 1.807) is 0 Å². The van der Waals surface area contributed by atoms with Crippen molar-refractivity contribution in [3.63, 3.8) is 0 Å². The lowest BCUT2D eigenvalue weighted by molar-refractivity contribution is 0.749. The Hall–Kier alpha value is -1.22. The fraction of sp³-hybridized carbons (Fsp3) is 0.429. The molecule has 0 amide bonds. The molecule has 1 atom stereocenters. The van der Waals surface area contributed by atoms with E-state index < -0.39 is 0 Å². The van der Waals surface area contributed by atoms with Gasteiger partial charge in [0.15, 0.2) is 0 Å². The van der Waals surface area contributed by atoms with Gasteiger partial charge in [0, 0.05) is 12.3 Å². The van der Waals surface area contributed by atoms with Crippen LogP contribution in [0.4, 0.5) is 0 Å². The normalized spacial score (nSPS) is 11.6. The second kappa shape index (κ2) is 5.50. The molecule has 0 fully saturated rings. The molecule has 0 aliphatic carbocycles. The summed E-state index contributed by atoms with van der Waals surface area (Å²) in [4.78, 5) is 0. The molecule has 0 aliphatic heterocycles. The van der Waals surface area contributed by atoms with E-state index in [-0.39, 0.29) is 0 Å². The van der Waals surface area contributed by atoms with Crippen LogP contribution in [-0.4, -0.2) is 0 Å².